The molecule has 5 nitrogen and oxygen atoms in total. The maximum Gasteiger partial charge on any atom is 0.161 e. The van der Waals surface area contributed by atoms with E-state index in [1.165, 1.54) is 10.8 Å². The van der Waals surface area contributed by atoms with Gasteiger partial charge in [-0.3, -0.25) is 5.41 Å². The minimum Gasteiger partial charge on any atom is -0.456 e. The summed E-state index contributed by atoms with van der Waals surface area (Å²) >= 11 is 0. The molecule has 5 heteroatoms. The largest absolute Gasteiger partial charge is 0.456 e. The lowest BCUT2D eigenvalue weighted by atomic mass is 9.94. The van der Waals surface area contributed by atoms with Crippen LogP contribution < -0.4 is 0 Å². The van der Waals surface area contributed by atoms with Gasteiger partial charge in [-0.15, -0.1) is 0 Å². The van der Waals surface area contributed by atoms with Gasteiger partial charge in [-0.1, -0.05) is 133 Å². The summed E-state index contributed by atoms with van der Waals surface area (Å²) in [7, 11) is 0. The van der Waals surface area contributed by atoms with Gasteiger partial charge in [0.15, 0.2) is 11.7 Å². The first-order valence-electron chi connectivity index (χ1n) is 16.6. The van der Waals surface area contributed by atoms with Crippen LogP contribution in [0, 0.1) is 5.41 Å². The molecule has 7 aromatic carbocycles. The summed E-state index contributed by atoms with van der Waals surface area (Å²) in [4.78, 5) is 9.63. The molecule has 2 aromatic heterocycles. The van der Waals surface area contributed by atoms with Crippen LogP contribution in [-0.4, -0.2) is 22.5 Å². The zero-order chi connectivity index (χ0) is 33.4. The fraction of sp³-hybridized carbons (Fsp3) is 0. The molecule has 236 valence electrons. The lowest BCUT2D eigenvalue weighted by Crippen LogP contribution is -2.04. The molecule has 0 unspecified atom stereocenters. The van der Waals surface area contributed by atoms with E-state index >= 15 is 0 Å². The Balaban J connectivity index is 1.25. The van der Waals surface area contributed by atoms with Crippen molar-refractivity contribution in [3.63, 3.8) is 0 Å². The van der Waals surface area contributed by atoms with Crippen LogP contribution in [-0.2, 0) is 0 Å². The second kappa shape index (κ2) is 12.3. The summed E-state index contributed by atoms with van der Waals surface area (Å²) in [6.45, 7) is 0. The highest BCUT2D eigenvalue weighted by atomic mass is 16.3. The number of para-hydroxylation sites is 2. The number of nitrogens with zero attached hydrogens (tertiary/aromatic N) is 3. The van der Waals surface area contributed by atoms with Crippen LogP contribution in [0.2, 0.25) is 0 Å². The zero-order valence-corrected chi connectivity index (χ0v) is 27.0. The van der Waals surface area contributed by atoms with Crippen molar-refractivity contribution in [2.24, 2.45) is 9.98 Å². The molecule has 0 aliphatic heterocycles. The highest BCUT2D eigenvalue weighted by molar-refractivity contribution is 6.24. The average molecular weight is 643 g/mol. The van der Waals surface area contributed by atoms with E-state index in [0.717, 1.165) is 66.5 Å². The molecule has 9 rings (SSSR count). The van der Waals surface area contributed by atoms with E-state index in [1.54, 1.807) is 0 Å². The molecule has 0 aliphatic carbocycles. The van der Waals surface area contributed by atoms with Crippen LogP contribution >= 0.6 is 0 Å². The fourth-order valence-electron chi connectivity index (χ4n) is 6.98. The van der Waals surface area contributed by atoms with E-state index in [1.807, 2.05) is 85.1 Å². The molecule has 2 heterocycles. The van der Waals surface area contributed by atoms with E-state index in [-0.39, 0.29) is 5.84 Å². The van der Waals surface area contributed by atoms with Gasteiger partial charge in [0.2, 0.25) is 0 Å². The van der Waals surface area contributed by atoms with Gasteiger partial charge < -0.3 is 8.98 Å². The number of furan rings is 1. The molecule has 0 atom stereocenters. The maximum atomic E-state index is 8.73. The van der Waals surface area contributed by atoms with Crippen molar-refractivity contribution in [3.05, 3.63) is 187 Å². The van der Waals surface area contributed by atoms with Crippen molar-refractivity contribution in [3.8, 4) is 16.8 Å². The van der Waals surface area contributed by atoms with Gasteiger partial charge in [-0.25, -0.2) is 9.98 Å². The molecule has 0 amide bonds. The lowest BCUT2D eigenvalue weighted by molar-refractivity contribution is 0.669. The van der Waals surface area contributed by atoms with Crippen LogP contribution in [0.15, 0.2) is 184 Å². The number of fused-ring (bicyclic) bond motifs is 6. The molecule has 0 saturated carbocycles. The highest BCUT2D eigenvalue weighted by Gasteiger charge is 2.20. The zero-order valence-electron chi connectivity index (χ0n) is 27.0. The molecule has 0 spiro atoms. The SMILES string of the molecule is N=C(/N=C(\N=C\c1cccc2oc3cccc(-c4cccc5c4c4ccccc4n5-c4ccccc4)c3c12)c1ccccc1)c1ccccc1. The second-order valence-electron chi connectivity index (χ2n) is 12.2. The topological polar surface area (TPSA) is 66.6 Å². The van der Waals surface area contributed by atoms with Crippen molar-refractivity contribution < 1.29 is 4.42 Å². The summed E-state index contributed by atoms with van der Waals surface area (Å²) in [6.07, 6.45) is 1.85. The van der Waals surface area contributed by atoms with Crippen LogP contribution in [0.25, 0.3) is 60.6 Å². The second-order valence-corrected chi connectivity index (χ2v) is 12.2. The van der Waals surface area contributed by atoms with Gasteiger partial charge >= 0.3 is 0 Å². The summed E-state index contributed by atoms with van der Waals surface area (Å²) < 4.78 is 8.86. The number of nitrogens with one attached hydrogen (secondary N) is 1. The Hall–Kier alpha value is -6.85. The molecule has 0 fully saturated rings. The monoisotopic (exact) mass is 642 g/mol. The number of hydrogen-bond donors (Lipinski definition) is 1. The Bertz CT molecular complexity index is 2760. The number of amidine groups is 2. The van der Waals surface area contributed by atoms with Gasteiger partial charge in [0.25, 0.3) is 0 Å². The molecule has 9 aromatic rings. The third-order valence-corrected chi connectivity index (χ3v) is 9.18. The Morgan fingerprint density at radius 1 is 0.520 bits per heavy atom. The molecule has 1 N–H and O–H groups in total. The summed E-state index contributed by atoms with van der Waals surface area (Å²) in [6, 6.07) is 57.4. The first kappa shape index (κ1) is 29.3. The minimum absolute atomic E-state index is 0.151. The Morgan fingerprint density at radius 2 is 1.10 bits per heavy atom. The standard InChI is InChI=1S/C45H30N4O/c46-44(30-15-4-1-5-16-30)48-45(31-17-6-2-7-18-31)47-29-32-19-12-27-39-41(32)43-35(24-14-28-40(43)50-39)34-23-13-26-38-42(34)36-22-10-11-25-37(36)49(38)33-20-8-3-9-21-33/h1-29,46H/b46-44?,47-29+,48-45-. The molecule has 0 bridgehead atoms. The number of hydrogen-bond acceptors (Lipinski definition) is 2. The molecule has 0 aliphatic rings. The Kier molecular flexibility index (Phi) is 7.21. The average Bonchev–Trinajstić information content (AvgIpc) is 3.74. The number of benzene rings is 7. The lowest BCUT2D eigenvalue weighted by Gasteiger charge is -2.10. The maximum absolute atomic E-state index is 8.73. The van der Waals surface area contributed by atoms with Crippen LogP contribution in [0.5, 0.6) is 0 Å². The van der Waals surface area contributed by atoms with E-state index in [9.17, 15) is 0 Å². The van der Waals surface area contributed by atoms with Crippen molar-refractivity contribution in [2.45, 2.75) is 0 Å². The first-order valence-corrected chi connectivity index (χ1v) is 16.6. The van der Waals surface area contributed by atoms with Crippen molar-refractivity contribution in [1.29, 1.82) is 5.41 Å². The van der Waals surface area contributed by atoms with Crippen molar-refractivity contribution in [2.75, 3.05) is 0 Å². The highest BCUT2D eigenvalue weighted by Crippen LogP contribution is 2.43. The molecule has 50 heavy (non-hydrogen) atoms. The third kappa shape index (κ3) is 5.00. The van der Waals surface area contributed by atoms with Gasteiger partial charge in [-0.2, -0.15) is 0 Å². The fourth-order valence-corrected chi connectivity index (χ4v) is 6.98. The number of aromatic nitrogens is 1. The Morgan fingerprint density at radius 3 is 1.86 bits per heavy atom. The van der Waals surface area contributed by atoms with E-state index in [2.05, 4.69) is 95.6 Å². The molecular formula is C45H30N4O. The van der Waals surface area contributed by atoms with Crippen LogP contribution in [0.1, 0.15) is 16.7 Å². The quantitative estimate of drug-likeness (QED) is 0.147. The molecule has 0 radical (unpaired) electrons. The van der Waals surface area contributed by atoms with Crippen molar-refractivity contribution >= 4 is 61.6 Å². The molecular weight excluding hydrogens is 613 g/mol. The molecule has 0 saturated heterocycles. The summed E-state index contributed by atoms with van der Waals surface area (Å²) in [5, 5.41) is 13.1. The number of rotatable bonds is 5. The smallest absolute Gasteiger partial charge is 0.161 e. The Labute approximate surface area is 288 Å². The van der Waals surface area contributed by atoms with E-state index in [0.29, 0.717) is 5.84 Å². The van der Waals surface area contributed by atoms with Gasteiger partial charge in [0.05, 0.1) is 11.0 Å². The number of aliphatic imine (C=N–C) groups is 2. The predicted molar refractivity (Wildman–Crippen MR) is 207 cm³/mol. The van der Waals surface area contributed by atoms with Crippen LogP contribution in [0.3, 0.4) is 0 Å². The summed E-state index contributed by atoms with van der Waals surface area (Å²) in [5.74, 6) is 0.613. The normalized spacial score (nSPS) is 12.1. The van der Waals surface area contributed by atoms with E-state index < -0.39 is 0 Å². The predicted octanol–water partition coefficient (Wildman–Crippen LogP) is 11.2. The van der Waals surface area contributed by atoms with Crippen LogP contribution in [0.4, 0.5) is 0 Å². The summed E-state index contributed by atoms with van der Waals surface area (Å²) in [5.41, 5.74) is 9.71. The minimum atomic E-state index is 0.151. The third-order valence-electron chi connectivity index (χ3n) is 9.18. The van der Waals surface area contributed by atoms with Gasteiger partial charge in [0.1, 0.15) is 11.2 Å². The van der Waals surface area contributed by atoms with Gasteiger partial charge in [-0.05, 0) is 47.5 Å². The van der Waals surface area contributed by atoms with Crippen molar-refractivity contribution in [1.82, 2.24) is 4.57 Å². The van der Waals surface area contributed by atoms with E-state index in [4.69, 9.17) is 19.8 Å². The van der Waals surface area contributed by atoms with Gasteiger partial charge in [0, 0.05) is 50.1 Å². The first-order chi connectivity index (χ1) is 24.7.